The van der Waals surface area contributed by atoms with Gasteiger partial charge in [-0.05, 0) is 70.6 Å². The van der Waals surface area contributed by atoms with Crippen LogP contribution in [0.4, 0.5) is 0 Å². The highest BCUT2D eigenvalue weighted by Gasteiger charge is 2.54. The molecule has 3 fully saturated rings. The molecule has 3 aliphatic rings. The van der Waals surface area contributed by atoms with Crippen molar-refractivity contribution in [1.29, 1.82) is 0 Å². The molecule has 99 heavy (non-hydrogen) atoms. The second-order valence-electron chi connectivity index (χ2n) is 27.8. The van der Waals surface area contributed by atoms with Crippen molar-refractivity contribution in [2.75, 3.05) is 26.4 Å². The van der Waals surface area contributed by atoms with Crippen LogP contribution in [0.5, 0.6) is 0 Å². The fraction of sp³-hybridized carbons (Fsp3) is 0.812. The van der Waals surface area contributed by atoms with Gasteiger partial charge < -0.3 is 89.9 Å². The van der Waals surface area contributed by atoms with E-state index in [2.05, 4.69) is 104 Å². The molecule has 3 rings (SSSR count). The molecule has 0 saturated carbocycles. The minimum atomic E-state index is -1.97. The average molecular weight is 1400 g/mol. The number of aliphatic hydroxyl groups is 11. The quantitative estimate of drug-likeness (QED) is 0.0199. The van der Waals surface area contributed by atoms with Gasteiger partial charge in [0.2, 0.25) is 5.91 Å². The van der Waals surface area contributed by atoms with Crippen LogP contribution >= 0.6 is 0 Å². The molecule has 3 heterocycles. The van der Waals surface area contributed by atoms with E-state index in [0.717, 1.165) is 89.9 Å². The Kier molecular flexibility index (Phi) is 54.9. The van der Waals surface area contributed by atoms with E-state index < -0.39 is 124 Å². The highest BCUT2D eigenvalue weighted by Crippen LogP contribution is 2.33. The number of hydrogen-bond acceptors (Lipinski definition) is 18. The van der Waals surface area contributed by atoms with Gasteiger partial charge in [-0.3, -0.25) is 4.79 Å². The summed E-state index contributed by atoms with van der Waals surface area (Å²) in [5.41, 5.74) is 0. The van der Waals surface area contributed by atoms with E-state index in [1.165, 1.54) is 161 Å². The Morgan fingerprint density at radius 1 is 0.374 bits per heavy atom. The Morgan fingerprint density at radius 2 is 0.697 bits per heavy atom. The number of aliphatic hydroxyl groups excluding tert-OH is 11. The van der Waals surface area contributed by atoms with Crippen LogP contribution in [-0.4, -0.2) is 193 Å². The smallest absolute Gasteiger partial charge is 0.220 e. The van der Waals surface area contributed by atoms with E-state index in [-0.39, 0.29) is 18.9 Å². The van der Waals surface area contributed by atoms with Crippen molar-refractivity contribution in [3.05, 3.63) is 85.1 Å². The van der Waals surface area contributed by atoms with Crippen LogP contribution in [0, 0.1) is 0 Å². The van der Waals surface area contributed by atoms with Crippen molar-refractivity contribution in [2.24, 2.45) is 0 Å². The van der Waals surface area contributed by atoms with Gasteiger partial charge in [0.15, 0.2) is 18.9 Å². The van der Waals surface area contributed by atoms with Crippen LogP contribution in [0.3, 0.4) is 0 Å². The van der Waals surface area contributed by atoms with Crippen molar-refractivity contribution >= 4 is 5.91 Å². The van der Waals surface area contributed by atoms with E-state index in [1.807, 2.05) is 0 Å². The van der Waals surface area contributed by atoms with Gasteiger partial charge in [-0.15, -0.1) is 0 Å². The van der Waals surface area contributed by atoms with E-state index in [1.54, 1.807) is 0 Å². The van der Waals surface area contributed by atoms with Crippen LogP contribution < -0.4 is 5.32 Å². The molecule has 0 aliphatic carbocycles. The van der Waals surface area contributed by atoms with Gasteiger partial charge in [-0.1, -0.05) is 292 Å². The molecule has 3 aliphatic heterocycles. The third-order valence-corrected chi connectivity index (χ3v) is 19.2. The number of carbonyl (C=O) groups excluding carboxylic acids is 1. The zero-order chi connectivity index (χ0) is 71.8. The zero-order valence-corrected chi connectivity index (χ0v) is 61.2. The summed E-state index contributed by atoms with van der Waals surface area (Å²) in [5, 5.41) is 121. The summed E-state index contributed by atoms with van der Waals surface area (Å²) >= 11 is 0. The monoisotopic (exact) mass is 1400 g/mol. The third-order valence-electron chi connectivity index (χ3n) is 19.2. The first-order valence-electron chi connectivity index (χ1n) is 39.3. The Labute approximate surface area is 597 Å². The Bertz CT molecular complexity index is 2120. The predicted molar refractivity (Wildman–Crippen MR) is 392 cm³/mol. The first-order valence-corrected chi connectivity index (χ1v) is 39.3. The standard InChI is InChI=1S/C80H141NO18/c1-3-5-7-9-11-13-15-17-18-19-20-21-22-23-24-25-26-27-28-29-30-31-32-33-34-35-36-37-38-39-40-41-42-43-44-46-48-50-52-54-56-58-68(86)81-63(64(85)57-55-53-51-49-47-45-16-14-12-10-8-6-4-2)62-94-78-74(92)71(89)76(66(60-83)96-78)99-80-75(93)72(90)77(67(61-84)97-80)98-79-73(91)70(88)69(87)65(59-82)95-79/h5,7,11,13,17-18,20-21,23-24,26-27,29-30,63-67,69-80,82-85,87-93H,3-4,6,8-10,12,14-16,19,22,25,28,31-62H2,1-2H3,(H,81,86)/b7-5-,13-11-,18-17-,21-20-,24-23-,27-26-,30-29-. The van der Waals surface area contributed by atoms with Gasteiger partial charge in [-0.25, -0.2) is 0 Å². The van der Waals surface area contributed by atoms with Crippen LogP contribution in [0.1, 0.15) is 284 Å². The number of nitrogens with one attached hydrogen (secondary N) is 1. The molecule has 0 bridgehead atoms. The second kappa shape index (κ2) is 60.3. The van der Waals surface area contributed by atoms with E-state index in [9.17, 15) is 61.0 Å². The predicted octanol–water partition coefficient (Wildman–Crippen LogP) is 12.6. The zero-order valence-electron chi connectivity index (χ0n) is 61.2. The molecule has 0 aromatic heterocycles. The maximum absolute atomic E-state index is 13.4. The van der Waals surface area contributed by atoms with E-state index in [0.29, 0.717) is 12.8 Å². The number of carbonyl (C=O) groups is 1. The molecule has 0 aromatic carbocycles. The molecule has 12 N–H and O–H groups in total. The SMILES string of the molecule is CC/C=C\C/C=C\C/C=C\C/C=C\C/C=C\C/C=C\C/C=C\CCCCCCCCCCCCCCCCCCCCCC(=O)NC(COC1OC(CO)C(OC2OC(CO)C(OC3OC(CO)C(O)C(O)C3O)C(O)C2O)C(O)C1O)C(O)CCCCCCCCCCCCCCC. The summed E-state index contributed by atoms with van der Waals surface area (Å²) in [4.78, 5) is 13.4. The minimum absolute atomic E-state index is 0.242. The minimum Gasteiger partial charge on any atom is -0.394 e. The van der Waals surface area contributed by atoms with Gasteiger partial charge in [0.25, 0.3) is 0 Å². The summed E-state index contributed by atoms with van der Waals surface area (Å²) < 4.78 is 34.4. The maximum atomic E-state index is 13.4. The number of amides is 1. The molecule has 574 valence electrons. The summed E-state index contributed by atoms with van der Waals surface area (Å²) in [5.74, 6) is -0.242. The van der Waals surface area contributed by atoms with Crippen LogP contribution in [-0.2, 0) is 33.2 Å². The lowest BCUT2D eigenvalue weighted by Crippen LogP contribution is -2.66. The summed E-state index contributed by atoms with van der Waals surface area (Å²) in [6.45, 7) is 1.69. The molecule has 19 heteroatoms. The molecular weight excluding hydrogens is 1260 g/mol. The van der Waals surface area contributed by atoms with E-state index >= 15 is 0 Å². The van der Waals surface area contributed by atoms with Crippen molar-refractivity contribution in [3.63, 3.8) is 0 Å². The topological polar surface area (TPSA) is 307 Å². The lowest BCUT2D eigenvalue weighted by atomic mass is 9.96. The Hall–Kier alpha value is -3.03. The number of hydrogen-bond donors (Lipinski definition) is 12. The summed E-state index contributed by atoms with van der Waals surface area (Å²) in [6.07, 6.45) is 52.6. The molecule has 19 nitrogen and oxygen atoms in total. The van der Waals surface area contributed by atoms with Gasteiger partial charge >= 0.3 is 0 Å². The fourth-order valence-corrected chi connectivity index (χ4v) is 12.9. The van der Waals surface area contributed by atoms with Crippen LogP contribution in [0.2, 0.25) is 0 Å². The number of ether oxygens (including phenoxy) is 6. The van der Waals surface area contributed by atoms with Crippen LogP contribution in [0.15, 0.2) is 85.1 Å². The first-order chi connectivity index (χ1) is 48.3. The van der Waals surface area contributed by atoms with E-state index in [4.69, 9.17) is 28.4 Å². The molecule has 17 atom stereocenters. The van der Waals surface area contributed by atoms with Crippen LogP contribution in [0.25, 0.3) is 0 Å². The third kappa shape index (κ3) is 40.7. The average Bonchev–Trinajstić information content (AvgIpc) is 0.785. The molecule has 3 saturated heterocycles. The van der Waals surface area contributed by atoms with Gasteiger partial charge in [0.1, 0.15) is 73.2 Å². The maximum Gasteiger partial charge on any atom is 0.220 e. The number of unbranched alkanes of at least 4 members (excludes halogenated alkanes) is 31. The van der Waals surface area contributed by atoms with Gasteiger partial charge in [0, 0.05) is 6.42 Å². The Balaban J connectivity index is 1.28. The number of allylic oxidation sites excluding steroid dienone is 14. The largest absolute Gasteiger partial charge is 0.394 e. The van der Waals surface area contributed by atoms with Gasteiger partial charge in [-0.2, -0.15) is 0 Å². The van der Waals surface area contributed by atoms with Crippen molar-refractivity contribution in [1.82, 2.24) is 5.32 Å². The fourth-order valence-electron chi connectivity index (χ4n) is 12.9. The highest BCUT2D eigenvalue weighted by molar-refractivity contribution is 5.76. The molecule has 0 radical (unpaired) electrons. The lowest BCUT2D eigenvalue weighted by molar-refractivity contribution is -0.379. The second-order valence-corrected chi connectivity index (χ2v) is 27.8. The molecule has 0 spiro atoms. The lowest BCUT2D eigenvalue weighted by Gasteiger charge is -2.48. The summed E-state index contributed by atoms with van der Waals surface area (Å²) in [7, 11) is 0. The molecule has 17 unspecified atom stereocenters. The molecule has 0 aromatic rings. The summed E-state index contributed by atoms with van der Waals surface area (Å²) in [6, 6.07) is -0.888. The van der Waals surface area contributed by atoms with Crippen molar-refractivity contribution in [3.8, 4) is 0 Å². The highest BCUT2D eigenvalue weighted by atomic mass is 16.8. The van der Waals surface area contributed by atoms with Crippen molar-refractivity contribution in [2.45, 2.75) is 388 Å². The Morgan fingerprint density at radius 3 is 1.09 bits per heavy atom. The molecule has 1 amide bonds. The normalized spacial score (nSPS) is 27.1. The van der Waals surface area contributed by atoms with Crippen molar-refractivity contribution < 1.29 is 89.4 Å². The first kappa shape index (κ1) is 90.2. The van der Waals surface area contributed by atoms with Gasteiger partial charge in [0.05, 0.1) is 38.6 Å². The molecular formula is C80H141NO18. The number of rotatable bonds is 61.